The van der Waals surface area contributed by atoms with Gasteiger partial charge in [0.05, 0.1) is 56.0 Å². The second-order valence-electron chi connectivity index (χ2n) is 17.4. The number of fused-ring (bicyclic) bond motifs is 6. The smallest absolute Gasteiger partial charge is 0.308 e. The van der Waals surface area contributed by atoms with Crippen LogP contribution >= 0.6 is 0 Å². The first-order valence-corrected chi connectivity index (χ1v) is 22.9. The van der Waals surface area contributed by atoms with Crippen molar-refractivity contribution in [2.75, 3.05) is 0 Å². The number of benzene rings is 8. The summed E-state index contributed by atoms with van der Waals surface area (Å²) in [4.78, 5) is 9.50. The Labute approximate surface area is 407 Å². The lowest BCUT2D eigenvalue weighted by molar-refractivity contribution is -0.142. The topological polar surface area (TPSA) is 59.4 Å². The lowest BCUT2D eigenvalue weighted by atomic mass is 9.90. The number of nitriles is 1. The molecule has 12 aromatic rings. The van der Waals surface area contributed by atoms with E-state index in [-0.39, 0.29) is 16.9 Å². The van der Waals surface area contributed by atoms with Crippen molar-refractivity contribution in [3.8, 4) is 73.3 Å². The van der Waals surface area contributed by atoms with Crippen LogP contribution in [0.4, 0.5) is 26.3 Å². The molecule has 0 aliphatic carbocycles. The van der Waals surface area contributed by atoms with E-state index in [4.69, 9.17) is 9.97 Å². The highest BCUT2D eigenvalue weighted by molar-refractivity contribution is 6.13. The van der Waals surface area contributed by atoms with Crippen LogP contribution in [0.3, 0.4) is 0 Å². The van der Waals surface area contributed by atoms with E-state index in [1.807, 2.05) is 156 Å². The standard InChI is InChI=1S/C61H35F6N5/c62-60(63,64)49-22-11-23-50(61(65,66)67)56(49)47-30-31-53(71-51-24-9-7-18-43(51)45-28-26-39(34-54(45)71)41-20-12-32-69-57(41)37-14-3-1-4-15-37)48(36-68)59(47)72-52-25-10-8-19-44(52)46-29-27-40(35-55(46)72)42-21-13-33-70-58(42)38-16-5-2-6-17-38/h1-35H. The number of nitrogens with zero attached hydrogens (tertiary/aromatic N) is 5. The van der Waals surface area contributed by atoms with E-state index in [1.165, 1.54) is 12.1 Å². The highest BCUT2D eigenvalue weighted by atomic mass is 19.4. The molecule has 0 bridgehead atoms. The minimum atomic E-state index is -5.23. The van der Waals surface area contributed by atoms with Gasteiger partial charge in [-0.25, -0.2) is 0 Å². The third-order valence-corrected chi connectivity index (χ3v) is 13.4. The fourth-order valence-corrected chi connectivity index (χ4v) is 10.3. The Morgan fingerprint density at radius 3 is 1.35 bits per heavy atom. The molecule has 0 saturated heterocycles. The van der Waals surface area contributed by atoms with Crippen molar-refractivity contribution in [2.24, 2.45) is 0 Å². The Hall–Kier alpha value is -9.27. The van der Waals surface area contributed by atoms with Crippen molar-refractivity contribution in [2.45, 2.75) is 12.4 Å². The van der Waals surface area contributed by atoms with Gasteiger partial charge in [-0.1, -0.05) is 146 Å². The molecule has 4 aromatic heterocycles. The van der Waals surface area contributed by atoms with Gasteiger partial charge in [0.2, 0.25) is 0 Å². The van der Waals surface area contributed by atoms with Crippen molar-refractivity contribution in [3.05, 3.63) is 229 Å². The van der Waals surface area contributed by atoms with Gasteiger partial charge in [-0.05, 0) is 65.7 Å². The van der Waals surface area contributed by atoms with Crippen LogP contribution in [0, 0.1) is 11.3 Å². The van der Waals surface area contributed by atoms with Crippen LogP contribution in [0.5, 0.6) is 0 Å². The van der Waals surface area contributed by atoms with Crippen molar-refractivity contribution in [1.82, 2.24) is 19.1 Å². The summed E-state index contributed by atoms with van der Waals surface area (Å²) in [7, 11) is 0. The molecular formula is C61H35F6N5. The SMILES string of the molecule is N#Cc1c(-n2c3ccccc3c3ccc(-c4cccnc4-c4ccccc4)cc32)ccc(-c2c(C(F)(F)F)cccc2C(F)(F)F)c1-n1c2ccccc2c2ccc(-c3cccnc3-c3ccccc3)cc21. The summed E-state index contributed by atoms with van der Waals surface area (Å²) in [5.74, 6) is 0. The summed E-state index contributed by atoms with van der Waals surface area (Å²) in [5.41, 5.74) is 3.82. The Morgan fingerprint density at radius 1 is 0.389 bits per heavy atom. The van der Waals surface area contributed by atoms with Gasteiger partial charge in [-0.2, -0.15) is 31.6 Å². The maximum Gasteiger partial charge on any atom is 0.417 e. The zero-order valence-corrected chi connectivity index (χ0v) is 37.7. The Kier molecular flexibility index (Phi) is 10.4. The molecule has 0 spiro atoms. The molecule has 4 heterocycles. The number of hydrogen-bond acceptors (Lipinski definition) is 3. The number of hydrogen-bond donors (Lipinski definition) is 0. The highest BCUT2D eigenvalue weighted by Crippen LogP contribution is 2.50. The Balaban J connectivity index is 1.22. The lowest BCUT2D eigenvalue weighted by Gasteiger charge is -2.24. The highest BCUT2D eigenvalue weighted by Gasteiger charge is 2.42. The maximum atomic E-state index is 15.4. The van der Waals surface area contributed by atoms with Gasteiger partial charge >= 0.3 is 12.4 Å². The fraction of sp³-hybridized carbons (Fsp3) is 0.0328. The number of aromatic nitrogens is 4. The van der Waals surface area contributed by atoms with Crippen LogP contribution in [0.1, 0.15) is 16.7 Å². The van der Waals surface area contributed by atoms with Gasteiger partial charge in [0.15, 0.2) is 0 Å². The van der Waals surface area contributed by atoms with Crippen molar-refractivity contribution in [3.63, 3.8) is 0 Å². The van der Waals surface area contributed by atoms with Crippen LogP contribution in [0.25, 0.3) is 111 Å². The Morgan fingerprint density at radius 2 is 0.847 bits per heavy atom. The van der Waals surface area contributed by atoms with Gasteiger partial charge in [-0.15, -0.1) is 0 Å². The van der Waals surface area contributed by atoms with Crippen LogP contribution in [-0.2, 0) is 12.4 Å². The molecule has 346 valence electrons. The third-order valence-electron chi connectivity index (χ3n) is 13.4. The van der Waals surface area contributed by atoms with E-state index in [2.05, 4.69) is 6.07 Å². The average Bonchev–Trinajstić information content (AvgIpc) is 3.92. The number of alkyl halides is 6. The van der Waals surface area contributed by atoms with Gasteiger partial charge in [0, 0.05) is 67.3 Å². The summed E-state index contributed by atoms with van der Waals surface area (Å²) >= 11 is 0. The molecule has 72 heavy (non-hydrogen) atoms. The summed E-state index contributed by atoms with van der Waals surface area (Å²) in [6.45, 7) is 0. The third kappa shape index (κ3) is 7.18. The molecule has 0 unspecified atom stereocenters. The number of rotatable bonds is 7. The minimum absolute atomic E-state index is 0.156. The van der Waals surface area contributed by atoms with Gasteiger partial charge < -0.3 is 9.13 Å². The van der Waals surface area contributed by atoms with E-state index in [0.29, 0.717) is 56.2 Å². The average molecular weight is 952 g/mol. The van der Waals surface area contributed by atoms with E-state index >= 15 is 26.3 Å². The van der Waals surface area contributed by atoms with E-state index in [9.17, 15) is 5.26 Å². The van der Waals surface area contributed by atoms with E-state index < -0.39 is 34.6 Å². The largest absolute Gasteiger partial charge is 0.417 e. The van der Waals surface area contributed by atoms with Crippen molar-refractivity contribution < 1.29 is 26.3 Å². The van der Waals surface area contributed by atoms with Gasteiger partial charge in [0.25, 0.3) is 0 Å². The second-order valence-corrected chi connectivity index (χ2v) is 17.4. The zero-order chi connectivity index (χ0) is 49.3. The molecule has 0 saturated carbocycles. The molecule has 0 atom stereocenters. The molecule has 12 rings (SSSR count). The molecule has 0 aliphatic heterocycles. The summed E-state index contributed by atoms with van der Waals surface area (Å²) in [6, 6.07) is 60.4. The zero-order valence-electron chi connectivity index (χ0n) is 37.7. The molecule has 0 N–H and O–H groups in total. The maximum absolute atomic E-state index is 15.4. The normalized spacial score (nSPS) is 12.0. The predicted octanol–water partition coefficient (Wildman–Crippen LogP) is 16.9. The molecule has 0 fully saturated rings. The molecule has 0 radical (unpaired) electrons. The minimum Gasteiger partial charge on any atom is -0.308 e. The quantitative estimate of drug-likeness (QED) is 0.150. The van der Waals surface area contributed by atoms with Crippen LogP contribution in [0.15, 0.2) is 213 Å². The fourth-order valence-electron chi connectivity index (χ4n) is 10.3. The van der Waals surface area contributed by atoms with Crippen molar-refractivity contribution >= 4 is 43.6 Å². The predicted molar refractivity (Wildman–Crippen MR) is 273 cm³/mol. The molecular weight excluding hydrogens is 917 g/mol. The van der Waals surface area contributed by atoms with Crippen LogP contribution in [0.2, 0.25) is 0 Å². The van der Waals surface area contributed by atoms with Gasteiger partial charge in [0.1, 0.15) is 11.6 Å². The monoisotopic (exact) mass is 951 g/mol. The first-order valence-electron chi connectivity index (χ1n) is 22.9. The number of halogens is 6. The first-order chi connectivity index (χ1) is 35.0. The molecule has 5 nitrogen and oxygen atoms in total. The van der Waals surface area contributed by atoms with Crippen LogP contribution in [-0.4, -0.2) is 19.1 Å². The summed E-state index contributed by atoms with van der Waals surface area (Å²) in [5, 5.41) is 14.7. The summed E-state index contributed by atoms with van der Waals surface area (Å²) in [6.07, 6.45) is -7.04. The second kappa shape index (κ2) is 17.0. The molecule has 11 heteroatoms. The molecule has 0 amide bonds. The van der Waals surface area contributed by atoms with Crippen LogP contribution < -0.4 is 0 Å². The number of pyridine rings is 2. The van der Waals surface area contributed by atoms with E-state index in [1.54, 1.807) is 35.2 Å². The Bertz CT molecular complexity index is 4110. The summed E-state index contributed by atoms with van der Waals surface area (Å²) < 4.78 is 95.9. The molecule has 8 aromatic carbocycles. The first kappa shape index (κ1) is 44.0. The number of para-hydroxylation sites is 2. The van der Waals surface area contributed by atoms with E-state index in [0.717, 1.165) is 50.4 Å². The van der Waals surface area contributed by atoms with Crippen molar-refractivity contribution in [1.29, 1.82) is 5.26 Å². The van der Waals surface area contributed by atoms with Gasteiger partial charge in [-0.3, -0.25) is 9.97 Å². The lowest BCUT2D eigenvalue weighted by Crippen LogP contribution is -2.16. The molecule has 0 aliphatic rings.